The first-order valence-electron chi connectivity index (χ1n) is 6.16. The molecule has 0 radical (unpaired) electrons. The van der Waals surface area contributed by atoms with Gasteiger partial charge in [-0.25, -0.2) is 4.39 Å². The zero-order chi connectivity index (χ0) is 14.7. The number of benzene rings is 1. The third-order valence-electron chi connectivity index (χ3n) is 2.97. The van der Waals surface area contributed by atoms with E-state index in [4.69, 9.17) is 0 Å². The van der Waals surface area contributed by atoms with Crippen LogP contribution in [0.1, 0.15) is 11.4 Å². The predicted molar refractivity (Wildman–Crippen MR) is 78.4 cm³/mol. The lowest BCUT2D eigenvalue weighted by atomic mass is 10.3. The van der Waals surface area contributed by atoms with Crippen LogP contribution >= 0.6 is 11.8 Å². The van der Waals surface area contributed by atoms with E-state index in [1.165, 1.54) is 17.8 Å². The Bertz CT molecular complexity index is 639. The average molecular weight is 293 g/mol. The standard InChI is InChI=1S/C14H16FN3OS/c1-9-14(10(2)18(3)17-9)16-13(19)8-20-12-7-5-4-6-11(12)15/h4-7H,8H2,1-3H3,(H,16,19). The first kappa shape index (κ1) is 14.6. The number of thioether (sulfide) groups is 1. The van der Waals surface area contributed by atoms with E-state index in [-0.39, 0.29) is 17.5 Å². The number of nitrogens with zero attached hydrogens (tertiary/aromatic N) is 2. The van der Waals surface area contributed by atoms with Crippen LogP contribution in [0.15, 0.2) is 29.2 Å². The van der Waals surface area contributed by atoms with Crippen molar-refractivity contribution in [1.29, 1.82) is 0 Å². The Kier molecular flexibility index (Phi) is 4.44. The smallest absolute Gasteiger partial charge is 0.234 e. The van der Waals surface area contributed by atoms with Gasteiger partial charge < -0.3 is 5.32 Å². The lowest BCUT2D eigenvalue weighted by Crippen LogP contribution is -2.15. The zero-order valence-corrected chi connectivity index (χ0v) is 12.4. The highest BCUT2D eigenvalue weighted by molar-refractivity contribution is 8.00. The summed E-state index contributed by atoms with van der Waals surface area (Å²) in [5.74, 6) is -0.314. The van der Waals surface area contributed by atoms with E-state index in [1.807, 2.05) is 20.9 Å². The van der Waals surface area contributed by atoms with Crippen molar-refractivity contribution in [2.45, 2.75) is 18.7 Å². The quantitative estimate of drug-likeness (QED) is 0.882. The van der Waals surface area contributed by atoms with Gasteiger partial charge in [-0.2, -0.15) is 5.10 Å². The molecule has 106 valence electrons. The van der Waals surface area contributed by atoms with Crippen molar-refractivity contribution in [2.75, 3.05) is 11.1 Å². The number of aryl methyl sites for hydroxylation is 2. The van der Waals surface area contributed by atoms with Gasteiger partial charge in [-0.15, -0.1) is 11.8 Å². The zero-order valence-electron chi connectivity index (χ0n) is 11.6. The van der Waals surface area contributed by atoms with Crippen LogP contribution in [0.2, 0.25) is 0 Å². The van der Waals surface area contributed by atoms with Gasteiger partial charge in [0.25, 0.3) is 0 Å². The van der Waals surface area contributed by atoms with Crippen LogP contribution in [0.4, 0.5) is 10.1 Å². The molecule has 1 heterocycles. The number of carbonyl (C=O) groups excluding carboxylic acids is 1. The van der Waals surface area contributed by atoms with Crippen LogP contribution in [-0.2, 0) is 11.8 Å². The summed E-state index contributed by atoms with van der Waals surface area (Å²) in [5.41, 5.74) is 2.40. The van der Waals surface area contributed by atoms with Crippen molar-refractivity contribution < 1.29 is 9.18 Å². The van der Waals surface area contributed by atoms with E-state index in [1.54, 1.807) is 22.9 Å². The minimum Gasteiger partial charge on any atom is -0.322 e. The molecule has 0 atom stereocenters. The van der Waals surface area contributed by atoms with Gasteiger partial charge in [0.15, 0.2) is 0 Å². The molecule has 0 aliphatic rings. The maximum absolute atomic E-state index is 13.4. The summed E-state index contributed by atoms with van der Waals surface area (Å²) in [7, 11) is 1.83. The molecule has 0 fully saturated rings. The van der Waals surface area contributed by atoms with E-state index in [0.717, 1.165) is 17.1 Å². The summed E-state index contributed by atoms with van der Waals surface area (Å²) in [5, 5.41) is 7.05. The molecule has 1 aromatic carbocycles. The summed E-state index contributed by atoms with van der Waals surface area (Å²) in [6, 6.07) is 6.42. The Morgan fingerprint density at radius 1 is 1.40 bits per heavy atom. The second kappa shape index (κ2) is 6.09. The van der Waals surface area contributed by atoms with Crippen molar-refractivity contribution in [3.63, 3.8) is 0 Å². The van der Waals surface area contributed by atoms with Crippen LogP contribution < -0.4 is 5.32 Å². The van der Waals surface area contributed by atoms with Crippen molar-refractivity contribution in [3.8, 4) is 0 Å². The summed E-state index contributed by atoms with van der Waals surface area (Å²) in [6.07, 6.45) is 0. The molecule has 2 rings (SSSR count). The summed E-state index contributed by atoms with van der Waals surface area (Å²) in [6.45, 7) is 3.73. The second-order valence-electron chi connectivity index (χ2n) is 4.44. The third kappa shape index (κ3) is 3.19. The number of amides is 1. The van der Waals surface area contributed by atoms with Crippen LogP contribution in [-0.4, -0.2) is 21.4 Å². The molecule has 0 aliphatic carbocycles. The number of hydrogen-bond donors (Lipinski definition) is 1. The molecule has 1 aromatic heterocycles. The Hall–Kier alpha value is -1.82. The van der Waals surface area contributed by atoms with E-state index < -0.39 is 0 Å². The molecular formula is C14H16FN3OS. The number of carbonyl (C=O) groups is 1. The Labute approximate surface area is 121 Å². The molecule has 6 heteroatoms. The Morgan fingerprint density at radius 3 is 2.70 bits per heavy atom. The monoisotopic (exact) mass is 293 g/mol. The van der Waals surface area contributed by atoms with Gasteiger partial charge >= 0.3 is 0 Å². The molecule has 0 saturated heterocycles. The summed E-state index contributed by atoms with van der Waals surface area (Å²) >= 11 is 1.18. The van der Waals surface area contributed by atoms with E-state index in [2.05, 4.69) is 10.4 Å². The van der Waals surface area contributed by atoms with Crippen LogP contribution in [0.25, 0.3) is 0 Å². The lowest BCUT2D eigenvalue weighted by Gasteiger charge is -2.06. The maximum Gasteiger partial charge on any atom is 0.234 e. The maximum atomic E-state index is 13.4. The molecular weight excluding hydrogens is 277 g/mol. The first-order chi connectivity index (χ1) is 9.49. The normalized spacial score (nSPS) is 10.6. The van der Waals surface area contributed by atoms with Crippen LogP contribution in [0, 0.1) is 19.7 Å². The highest BCUT2D eigenvalue weighted by Crippen LogP contribution is 2.22. The minimum absolute atomic E-state index is 0.161. The van der Waals surface area contributed by atoms with Crippen LogP contribution in [0.5, 0.6) is 0 Å². The van der Waals surface area contributed by atoms with Crippen LogP contribution in [0.3, 0.4) is 0 Å². The molecule has 2 aromatic rings. The molecule has 1 N–H and O–H groups in total. The molecule has 0 unspecified atom stereocenters. The SMILES string of the molecule is Cc1nn(C)c(C)c1NC(=O)CSc1ccccc1F. The largest absolute Gasteiger partial charge is 0.322 e. The highest BCUT2D eigenvalue weighted by Gasteiger charge is 2.13. The van der Waals surface area contributed by atoms with Gasteiger partial charge in [-0.05, 0) is 26.0 Å². The van der Waals surface area contributed by atoms with Gasteiger partial charge in [0, 0.05) is 11.9 Å². The van der Waals surface area contributed by atoms with E-state index in [9.17, 15) is 9.18 Å². The average Bonchev–Trinajstić information content (AvgIpc) is 2.64. The summed E-state index contributed by atoms with van der Waals surface area (Å²) < 4.78 is 15.1. The highest BCUT2D eigenvalue weighted by atomic mass is 32.2. The van der Waals surface area contributed by atoms with Gasteiger partial charge in [0.2, 0.25) is 5.91 Å². The van der Waals surface area contributed by atoms with Gasteiger partial charge in [0.05, 0.1) is 22.8 Å². The Balaban J connectivity index is 1.98. The first-order valence-corrected chi connectivity index (χ1v) is 7.15. The third-order valence-corrected chi connectivity index (χ3v) is 4.02. The number of rotatable bonds is 4. The summed E-state index contributed by atoms with van der Waals surface area (Å²) in [4.78, 5) is 12.4. The van der Waals surface area contributed by atoms with Crippen molar-refractivity contribution in [2.24, 2.45) is 7.05 Å². The second-order valence-corrected chi connectivity index (χ2v) is 5.45. The van der Waals surface area contributed by atoms with Gasteiger partial charge in [-0.3, -0.25) is 9.48 Å². The molecule has 0 spiro atoms. The molecule has 4 nitrogen and oxygen atoms in total. The molecule has 1 amide bonds. The topological polar surface area (TPSA) is 46.9 Å². The molecule has 20 heavy (non-hydrogen) atoms. The van der Waals surface area contributed by atoms with Crippen molar-refractivity contribution in [1.82, 2.24) is 9.78 Å². The van der Waals surface area contributed by atoms with Crippen molar-refractivity contribution in [3.05, 3.63) is 41.5 Å². The van der Waals surface area contributed by atoms with Gasteiger partial charge in [0.1, 0.15) is 5.82 Å². The van der Waals surface area contributed by atoms with E-state index in [0.29, 0.717) is 4.90 Å². The fourth-order valence-electron chi connectivity index (χ4n) is 1.84. The fourth-order valence-corrected chi connectivity index (χ4v) is 2.57. The molecule has 0 aliphatic heterocycles. The van der Waals surface area contributed by atoms with Gasteiger partial charge in [-0.1, -0.05) is 12.1 Å². The van der Waals surface area contributed by atoms with E-state index >= 15 is 0 Å². The lowest BCUT2D eigenvalue weighted by molar-refractivity contribution is -0.113. The number of nitrogens with one attached hydrogen (secondary N) is 1. The number of halogens is 1. The number of hydrogen-bond acceptors (Lipinski definition) is 3. The Morgan fingerprint density at radius 2 is 2.10 bits per heavy atom. The minimum atomic E-state index is -0.306. The molecule has 0 saturated carbocycles. The van der Waals surface area contributed by atoms with Crippen molar-refractivity contribution >= 4 is 23.4 Å². The number of anilines is 1. The predicted octanol–water partition coefficient (Wildman–Crippen LogP) is 2.91. The fraction of sp³-hybridized carbons (Fsp3) is 0.286. The number of aromatic nitrogens is 2. The molecule has 0 bridgehead atoms.